The van der Waals surface area contributed by atoms with Crippen LogP contribution in [-0.2, 0) is 0 Å². The summed E-state index contributed by atoms with van der Waals surface area (Å²) in [5.41, 5.74) is 2.82. The van der Waals surface area contributed by atoms with E-state index >= 15 is 0 Å². The molecule has 2 rings (SSSR count). The van der Waals surface area contributed by atoms with Gasteiger partial charge in [-0.2, -0.15) is 0 Å². The standard InChI is InChI=1S/C18H22IN/c1-18(2,3)13-17(14-7-5-4-6-8-14)20-16-11-9-15(19)10-12-16/h4-12,17,20H,13H2,1-3H3. The van der Waals surface area contributed by atoms with E-state index in [-0.39, 0.29) is 5.41 Å². The molecule has 0 aromatic heterocycles. The molecular weight excluding hydrogens is 357 g/mol. The van der Waals surface area contributed by atoms with Crippen molar-refractivity contribution < 1.29 is 0 Å². The van der Waals surface area contributed by atoms with Crippen molar-refractivity contribution in [1.82, 2.24) is 0 Å². The number of hydrogen-bond donors (Lipinski definition) is 1. The van der Waals surface area contributed by atoms with Crippen molar-refractivity contribution in [3.8, 4) is 0 Å². The molecule has 1 nitrogen and oxygen atoms in total. The lowest BCUT2D eigenvalue weighted by molar-refractivity contribution is 0.352. The molecule has 0 amide bonds. The van der Waals surface area contributed by atoms with Crippen LogP contribution < -0.4 is 5.32 Å². The van der Waals surface area contributed by atoms with E-state index in [0.29, 0.717) is 6.04 Å². The molecule has 0 saturated heterocycles. The molecule has 0 aliphatic carbocycles. The number of rotatable bonds is 4. The van der Waals surface area contributed by atoms with Crippen LogP contribution in [0.5, 0.6) is 0 Å². The zero-order chi connectivity index (χ0) is 14.6. The van der Waals surface area contributed by atoms with Crippen LogP contribution in [0.15, 0.2) is 54.6 Å². The molecule has 1 unspecified atom stereocenters. The van der Waals surface area contributed by atoms with Crippen LogP contribution in [0, 0.1) is 8.99 Å². The molecule has 0 fully saturated rings. The fraction of sp³-hybridized carbons (Fsp3) is 0.333. The van der Waals surface area contributed by atoms with E-state index in [4.69, 9.17) is 0 Å². The number of hydrogen-bond acceptors (Lipinski definition) is 1. The number of halogens is 1. The molecule has 20 heavy (non-hydrogen) atoms. The lowest BCUT2D eigenvalue weighted by atomic mass is 9.85. The van der Waals surface area contributed by atoms with E-state index in [2.05, 4.69) is 103 Å². The van der Waals surface area contributed by atoms with Gasteiger partial charge in [0, 0.05) is 9.26 Å². The molecule has 1 atom stereocenters. The highest BCUT2D eigenvalue weighted by Gasteiger charge is 2.20. The summed E-state index contributed by atoms with van der Waals surface area (Å²) in [7, 11) is 0. The van der Waals surface area contributed by atoms with Crippen LogP contribution in [0.4, 0.5) is 5.69 Å². The zero-order valence-electron chi connectivity index (χ0n) is 12.4. The predicted molar refractivity (Wildman–Crippen MR) is 96.0 cm³/mol. The van der Waals surface area contributed by atoms with Gasteiger partial charge in [-0.15, -0.1) is 0 Å². The van der Waals surface area contributed by atoms with Gasteiger partial charge in [-0.3, -0.25) is 0 Å². The summed E-state index contributed by atoms with van der Waals surface area (Å²) in [6.07, 6.45) is 1.10. The van der Waals surface area contributed by atoms with Crippen molar-refractivity contribution in [2.75, 3.05) is 5.32 Å². The highest BCUT2D eigenvalue weighted by Crippen LogP contribution is 2.32. The Labute approximate surface area is 135 Å². The van der Waals surface area contributed by atoms with Crippen LogP contribution in [0.3, 0.4) is 0 Å². The van der Waals surface area contributed by atoms with Gasteiger partial charge in [0.1, 0.15) is 0 Å². The second-order valence-electron chi connectivity index (χ2n) is 6.38. The van der Waals surface area contributed by atoms with Gasteiger partial charge in [-0.1, -0.05) is 51.1 Å². The molecule has 0 heterocycles. The fourth-order valence-electron chi connectivity index (χ4n) is 2.30. The largest absolute Gasteiger partial charge is 0.378 e. The van der Waals surface area contributed by atoms with Gasteiger partial charge in [0.2, 0.25) is 0 Å². The molecular formula is C18H22IN. The molecule has 2 heteroatoms. The van der Waals surface area contributed by atoms with E-state index in [9.17, 15) is 0 Å². The molecule has 0 aliphatic rings. The van der Waals surface area contributed by atoms with Crippen molar-refractivity contribution in [1.29, 1.82) is 0 Å². The predicted octanol–water partition coefficient (Wildman–Crippen LogP) is 5.88. The highest BCUT2D eigenvalue weighted by atomic mass is 127. The number of nitrogens with one attached hydrogen (secondary N) is 1. The average molecular weight is 379 g/mol. The first-order valence-electron chi connectivity index (χ1n) is 7.01. The highest BCUT2D eigenvalue weighted by molar-refractivity contribution is 14.1. The third-order valence-electron chi connectivity index (χ3n) is 3.20. The second-order valence-corrected chi connectivity index (χ2v) is 7.62. The van der Waals surface area contributed by atoms with Gasteiger partial charge in [-0.25, -0.2) is 0 Å². The van der Waals surface area contributed by atoms with Crippen molar-refractivity contribution in [2.45, 2.75) is 33.2 Å². The molecule has 106 valence electrons. The topological polar surface area (TPSA) is 12.0 Å². The Morgan fingerprint density at radius 1 is 0.950 bits per heavy atom. The molecule has 0 spiro atoms. The lowest BCUT2D eigenvalue weighted by Crippen LogP contribution is -2.18. The molecule has 2 aromatic rings. The first-order chi connectivity index (χ1) is 9.44. The van der Waals surface area contributed by atoms with Crippen molar-refractivity contribution in [3.63, 3.8) is 0 Å². The van der Waals surface area contributed by atoms with Gasteiger partial charge in [0.15, 0.2) is 0 Å². The summed E-state index contributed by atoms with van der Waals surface area (Å²) >= 11 is 2.34. The van der Waals surface area contributed by atoms with E-state index < -0.39 is 0 Å². The smallest absolute Gasteiger partial charge is 0.0518 e. The van der Waals surface area contributed by atoms with Crippen LogP contribution in [0.1, 0.15) is 38.8 Å². The lowest BCUT2D eigenvalue weighted by Gasteiger charge is -2.28. The Morgan fingerprint density at radius 2 is 1.55 bits per heavy atom. The SMILES string of the molecule is CC(C)(C)CC(Nc1ccc(I)cc1)c1ccccc1. The summed E-state index contributed by atoms with van der Waals surface area (Å²) < 4.78 is 1.26. The first kappa shape index (κ1) is 15.4. The molecule has 0 aliphatic heterocycles. The minimum Gasteiger partial charge on any atom is -0.378 e. The number of anilines is 1. The fourth-order valence-corrected chi connectivity index (χ4v) is 2.66. The molecule has 1 N–H and O–H groups in total. The second kappa shape index (κ2) is 6.61. The summed E-state index contributed by atoms with van der Waals surface area (Å²) in [5.74, 6) is 0. The Hall–Kier alpha value is -1.03. The molecule has 2 aromatic carbocycles. The minimum atomic E-state index is 0.288. The quantitative estimate of drug-likeness (QED) is 0.654. The Morgan fingerprint density at radius 3 is 2.10 bits per heavy atom. The maximum atomic E-state index is 3.68. The zero-order valence-corrected chi connectivity index (χ0v) is 14.5. The van der Waals surface area contributed by atoms with Gasteiger partial charge in [0.25, 0.3) is 0 Å². The van der Waals surface area contributed by atoms with E-state index in [1.165, 1.54) is 14.8 Å². The first-order valence-corrected chi connectivity index (χ1v) is 8.09. The van der Waals surface area contributed by atoms with Crippen molar-refractivity contribution in [2.24, 2.45) is 5.41 Å². The van der Waals surface area contributed by atoms with Crippen molar-refractivity contribution >= 4 is 28.3 Å². The molecule has 0 radical (unpaired) electrons. The number of benzene rings is 2. The summed E-state index contributed by atoms with van der Waals surface area (Å²) in [6, 6.07) is 19.6. The Bertz CT molecular complexity index is 526. The average Bonchev–Trinajstić information content (AvgIpc) is 2.40. The summed E-state index contributed by atoms with van der Waals surface area (Å²) in [4.78, 5) is 0. The van der Waals surface area contributed by atoms with Gasteiger partial charge in [0.05, 0.1) is 6.04 Å². The van der Waals surface area contributed by atoms with Crippen LogP contribution >= 0.6 is 22.6 Å². The van der Waals surface area contributed by atoms with Gasteiger partial charge < -0.3 is 5.32 Å². The van der Waals surface area contributed by atoms with E-state index in [0.717, 1.165) is 6.42 Å². The normalized spacial score (nSPS) is 13.0. The van der Waals surface area contributed by atoms with Gasteiger partial charge in [-0.05, 0) is 64.3 Å². The minimum absolute atomic E-state index is 0.288. The molecule has 0 saturated carbocycles. The van der Waals surface area contributed by atoms with E-state index in [1.807, 2.05) is 0 Å². The van der Waals surface area contributed by atoms with Gasteiger partial charge >= 0.3 is 0 Å². The monoisotopic (exact) mass is 379 g/mol. The maximum absolute atomic E-state index is 3.68. The van der Waals surface area contributed by atoms with Crippen LogP contribution in [0.2, 0.25) is 0 Å². The Kier molecular flexibility index (Phi) is 5.08. The van der Waals surface area contributed by atoms with Crippen LogP contribution in [0.25, 0.3) is 0 Å². The van der Waals surface area contributed by atoms with E-state index in [1.54, 1.807) is 0 Å². The van der Waals surface area contributed by atoms with Crippen molar-refractivity contribution in [3.05, 3.63) is 63.7 Å². The maximum Gasteiger partial charge on any atom is 0.0518 e. The third kappa shape index (κ3) is 4.82. The van der Waals surface area contributed by atoms with Crippen LogP contribution in [-0.4, -0.2) is 0 Å². The third-order valence-corrected chi connectivity index (χ3v) is 3.92. The summed E-state index contributed by atoms with van der Waals surface area (Å²) in [5, 5.41) is 3.68. The summed E-state index contributed by atoms with van der Waals surface area (Å²) in [6.45, 7) is 6.87. The Balaban J connectivity index is 2.20. The molecule has 0 bridgehead atoms.